The molecular weight excluding hydrogens is 309 g/mol. The van der Waals surface area contributed by atoms with Crippen molar-refractivity contribution < 1.29 is 9.50 Å². The van der Waals surface area contributed by atoms with Crippen LogP contribution in [0.5, 0.6) is 5.75 Å². The van der Waals surface area contributed by atoms with Crippen molar-refractivity contribution in [2.45, 2.75) is 19.9 Å². The number of anilines is 1. The molecule has 2 nitrogen and oxygen atoms in total. The SMILES string of the molecule is Cc1cc(Br)cc(NC(C)c2ccc(F)cc2O)c1. The van der Waals surface area contributed by atoms with Crippen molar-refractivity contribution in [3.05, 3.63) is 57.8 Å². The van der Waals surface area contributed by atoms with Crippen LogP contribution in [0.3, 0.4) is 0 Å². The molecule has 0 bridgehead atoms. The van der Waals surface area contributed by atoms with Crippen LogP contribution in [-0.2, 0) is 0 Å². The van der Waals surface area contributed by atoms with Gasteiger partial charge in [0.1, 0.15) is 11.6 Å². The van der Waals surface area contributed by atoms with E-state index in [1.807, 2.05) is 32.0 Å². The van der Waals surface area contributed by atoms with Gasteiger partial charge in [-0.15, -0.1) is 0 Å². The Balaban J connectivity index is 2.22. The van der Waals surface area contributed by atoms with Gasteiger partial charge in [0.05, 0.1) is 6.04 Å². The number of aryl methyl sites for hydroxylation is 1. The van der Waals surface area contributed by atoms with Gasteiger partial charge in [-0.25, -0.2) is 4.39 Å². The third-order valence-electron chi connectivity index (χ3n) is 2.88. The van der Waals surface area contributed by atoms with E-state index in [-0.39, 0.29) is 11.8 Å². The van der Waals surface area contributed by atoms with Crippen LogP contribution in [0.2, 0.25) is 0 Å². The highest BCUT2D eigenvalue weighted by molar-refractivity contribution is 9.10. The first-order valence-electron chi connectivity index (χ1n) is 5.98. The van der Waals surface area contributed by atoms with Crippen LogP contribution in [0.25, 0.3) is 0 Å². The molecule has 2 rings (SSSR count). The molecular formula is C15H15BrFNO. The quantitative estimate of drug-likeness (QED) is 0.852. The van der Waals surface area contributed by atoms with Crippen molar-refractivity contribution in [1.82, 2.24) is 0 Å². The van der Waals surface area contributed by atoms with Gasteiger partial charge < -0.3 is 10.4 Å². The van der Waals surface area contributed by atoms with Crippen LogP contribution < -0.4 is 5.32 Å². The van der Waals surface area contributed by atoms with Gasteiger partial charge in [0.15, 0.2) is 0 Å². The van der Waals surface area contributed by atoms with Gasteiger partial charge in [0, 0.05) is 21.8 Å². The lowest BCUT2D eigenvalue weighted by Gasteiger charge is -2.17. The zero-order valence-electron chi connectivity index (χ0n) is 10.7. The highest BCUT2D eigenvalue weighted by Gasteiger charge is 2.11. The van der Waals surface area contributed by atoms with E-state index in [1.165, 1.54) is 6.07 Å². The second-order valence-electron chi connectivity index (χ2n) is 4.59. The minimum atomic E-state index is -0.438. The summed E-state index contributed by atoms with van der Waals surface area (Å²) in [6.07, 6.45) is 0. The molecule has 0 heterocycles. The summed E-state index contributed by atoms with van der Waals surface area (Å²) in [5.41, 5.74) is 2.74. The molecule has 0 saturated carbocycles. The molecule has 19 heavy (non-hydrogen) atoms. The summed E-state index contributed by atoms with van der Waals surface area (Å²) in [5, 5.41) is 13.0. The third-order valence-corrected chi connectivity index (χ3v) is 3.34. The Morgan fingerprint density at radius 3 is 2.58 bits per heavy atom. The molecule has 2 aromatic carbocycles. The Bertz CT molecular complexity index is 580. The lowest BCUT2D eigenvalue weighted by molar-refractivity contribution is 0.459. The predicted octanol–water partition coefficient (Wildman–Crippen LogP) is 4.78. The molecule has 2 N–H and O–H groups in total. The van der Waals surface area contributed by atoms with Crippen LogP contribution in [0.15, 0.2) is 40.9 Å². The molecule has 0 fully saturated rings. The number of hydrogen-bond donors (Lipinski definition) is 2. The first-order valence-corrected chi connectivity index (χ1v) is 6.77. The summed E-state index contributed by atoms with van der Waals surface area (Å²) in [5.74, 6) is -0.474. The molecule has 0 aliphatic heterocycles. The predicted molar refractivity (Wildman–Crippen MR) is 79.0 cm³/mol. The molecule has 0 aromatic heterocycles. The topological polar surface area (TPSA) is 32.3 Å². The fourth-order valence-corrected chi connectivity index (χ4v) is 2.64. The van der Waals surface area contributed by atoms with Crippen molar-refractivity contribution in [2.24, 2.45) is 0 Å². The van der Waals surface area contributed by atoms with Crippen LogP contribution in [-0.4, -0.2) is 5.11 Å². The van der Waals surface area contributed by atoms with Gasteiger partial charge in [-0.1, -0.05) is 22.0 Å². The van der Waals surface area contributed by atoms with Crippen LogP contribution in [0, 0.1) is 12.7 Å². The van der Waals surface area contributed by atoms with E-state index in [4.69, 9.17) is 0 Å². The summed E-state index contributed by atoms with van der Waals surface area (Å²) in [4.78, 5) is 0. The minimum Gasteiger partial charge on any atom is -0.507 e. The molecule has 4 heteroatoms. The van der Waals surface area contributed by atoms with E-state index >= 15 is 0 Å². The monoisotopic (exact) mass is 323 g/mol. The zero-order chi connectivity index (χ0) is 14.0. The highest BCUT2D eigenvalue weighted by atomic mass is 79.9. The van der Waals surface area contributed by atoms with Crippen molar-refractivity contribution in [1.29, 1.82) is 0 Å². The number of nitrogens with one attached hydrogen (secondary N) is 1. The highest BCUT2D eigenvalue weighted by Crippen LogP contribution is 2.29. The third kappa shape index (κ3) is 3.47. The maximum absolute atomic E-state index is 13.0. The molecule has 0 amide bonds. The molecule has 100 valence electrons. The number of benzene rings is 2. The normalized spacial score (nSPS) is 12.2. The van der Waals surface area contributed by atoms with Crippen molar-refractivity contribution >= 4 is 21.6 Å². The van der Waals surface area contributed by atoms with E-state index in [1.54, 1.807) is 6.07 Å². The number of halogens is 2. The Kier molecular flexibility index (Phi) is 4.10. The average molecular weight is 324 g/mol. The zero-order valence-corrected chi connectivity index (χ0v) is 12.3. The standard InChI is InChI=1S/C15H15BrFNO/c1-9-5-11(16)7-13(6-9)18-10(2)14-4-3-12(17)8-15(14)19/h3-8,10,18-19H,1-2H3. The van der Waals surface area contributed by atoms with Gasteiger partial charge in [-0.05, 0) is 43.7 Å². The summed E-state index contributed by atoms with van der Waals surface area (Å²) in [7, 11) is 0. The van der Waals surface area contributed by atoms with E-state index < -0.39 is 5.82 Å². The number of aromatic hydroxyl groups is 1. The van der Waals surface area contributed by atoms with E-state index in [0.717, 1.165) is 21.8 Å². The largest absolute Gasteiger partial charge is 0.507 e. The smallest absolute Gasteiger partial charge is 0.126 e. The summed E-state index contributed by atoms with van der Waals surface area (Å²) < 4.78 is 13.9. The number of hydrogen-bond acceptors (Lipinski definition) is 2. The van der Waals surface area contributed by atoms with Gasteiger partial charge in [-0.3, -0.25) is 0 Å². The average Bonchev–Trinajstić information content (AvgIpc) is 2.26. The van der Waals surface area contributed by atoms with Crippen molar-refractivity contribution in [3.8, 4) is 5.75 Å². The molecule has 0 aliphatic carbocycles. The van der Waals surface area contributed by atoms with Crippen molar-refractivity contribution in [3.63, 3.8) is 0 Å². The second kappa shape index (κ2) is 5.61. The number of rotatable bonds is 3. The van der Waals surface area contributed by atoms with E-state index in [2.05, 4.69) is 21.2 Å². The first kappa shape index (κ1) is 13.9. The van der Waals surface area contributed by atoms with Gasteiger partial charge >= 0.3 is 0 Å². The Labute approximate surface area is 120 Å². The maximum Gasteiger partial charge on any atom is 0.126 e. The Morgan fingerprint density at radius 2 is 1.95 bits per heavy atom. The molecule has 0 saturated heterocycles. The molecule has 0 aliphatic rings. The molecule has 1 unspecified atom stereocenters. The number of phenolic OH excluding ortho intramolecular Hbond substituents is 1. The lowest BCUT2D eigenvalue weighted by Crippen LogP contribution is -2.07. The Morgan fingerprint density at radius 1 is 1.21 bits per heavy atom. The van der Waals surface area contributed by atoms with Crippen LogP contribution in [0.4, 0.5) is 10.1 Å². The minimum absolute atomic E-state index is 0.0354. The second-order valence-corrected chi connectivity index (χ2v) is 5.50. The summed E-state index contributed by atoms with van der Waals surface area (Å²) >= 11 is 3.44. The lowest BCUT2D eigenvalue weighted by atomic mass is 10.1. The van der Waals surface area contributed by atoms with Crippen molar-refractivity contribution in [2.75, 3.05) is 5.32 Å². The fourth-order valence-electron chi connectivity index (χ4n) is 2.03. The Hall–Kier alpha value is -1.55. The maximum atomic E-state index is 13.0. The van der Waals surface area contributed by atoms with Crippen LogP contribution >= 0.6 is 15.9 Å². The summed E-state index contributed by atoms with van der Waals surface area (Å²) in [6, 6.07) is 9.94. The molecule has 2 aromatic rings. The molecule has 0 spiro atoms. The van der Waals surface area contributed by atoms with E-state index in [0.29, 0.717) is 5.56 Å². The summed E-state index contributed by atoms with van der Waals surface area (Å²) in [6.45, 7) is 3.93. The van der Waals surface area contributed by atoms with Gasteiger partial charge in [0.2, 0.25) is 0 Å². The van der Waals surface area contributed by atoms with Crippen LogP contribution in [0.1, 0.15) is 24.1 Å². The molecule has 0 radical (unpaired) electrons. The molecule has 1 atom stereocenters. The fraction of sp³-hybridized carbons (Fsp3) is 0.200. The van der Waals surface area contributed by atoms with E-state index in [9.17, 15) is 9.50 Å². The first-order chi connectivity index (χ1) is 8.95. The van der Waals surface area contributed by atoms with Gasteiger partial charge in [0.25, 0.3) is 0 Å². The van der Waals surface area contributed by atoms with Gasteiger partial charge in [-0.2, -0.15) is 0 Å². The number of phenols is 1.